The van der Waals surface area contributed by atoms with Crippen molar-refractivity contribution in [1.29, 1.82) is 5.26 Å². The Hall–Kier alpha value is -2.08. The Labute approximate surface area is 101 Å². The number of hydrogen-bond donors (Lipinski definition) is 0. The lowest BCUT2D eigenvalue weighted by Gasteiger charge is -2.17. The number of aromatic nitrogens is 1. The lowest BCUT2D eigenvalue weighted by Crippen LogP contribution is -2.19. The largest absolute Gasteiger partial charge is 0.360 e. The van der Waals surface area contributed by atoms with Crippen LogP contribution in [0.3, 0.4) is 0 Å². The Morgan fingerprint density at radius 1 is 1.35 bits per heavy atom. The van der Waals surface area contributed by atoms with Crippen LogP contribution >= 0.6 is 0 Å². The maximum atomic E-state index is 9.18. The third-order valence-corrected chi connectivity index (χ3v) is 2.77. The average Bonchev–Trinajstić information content (AvgIpc) is 2.37. The fourth-order valence-corrected chi connectivity index (χ4v) is 1.90. The number of rotatable bonds is 3. The molecule has 2 rings (SSSR count). The number of pyridine rings is 1. The molecule has 1 aromatic carbocycles. The first-order chi connectivity index (χ1) is 8.26. The van der Waals surface area contributed by atoms with Gasteiger partial charge in [-0.15, -0.1) is 0 Å². The second-order valence-electron chi connectivity index (χ2n) is 4.08. The quantitative estimate of drug-likeness (QED) is 0.806. The van der Waals surface area contributed by atoms with E-state index >= 15 is 0 Å². The van der Waals surface area contributed by atoms with Crippen molar-refractivity contribution in [2.45, 2.75) is 13.3 Å². The van der Waals surface area contributed by atoms with E-state index in [-0.39, 0.29) is 0 Å². The first-order valence-electron chi connectivity index (χ1n) is 5.77. The number of nitrogens with zero attached hydrogens (tertiary/aromatic N) is 3. The molecule has 0 radical (unpaired) electrons. The van der Waals surface area contributed by atoms with Crippen LogP contribution in [0.1, 0.15) is 18.9 Å². The van der Waals surface area contributed by atoms with Gasteiger partial charge in [-0.3, -0.25) is 0 Å². The fourth-order valence-electron chi connectivity index (χ4n) is 1.90. The SMILES string of the molecule is CCCN(C)c1cc(C#N)c2ccccc2n1. The van der Waals surface area contributed by atoms with Crippen molar-refractivity contribution in [1.82, 2.24) is 4.98 Å². The molecule has 0 aliphatic carbocycles. The van der Waals surface area contributed by atoms with Crippen LogP contribution in [-0.4, -0.2) is 18.6 Å². The van der Waals surface area contributed by atoms with Crippen LogP contribution in [0, 0.1) is 11.3 Å². The Balaban J connectivity index is 2.57. The van der Waals surface area contributed by atoms with Gasteiger partial charge < -0.3 is 4.90 Å². The average molecular weight is 225 g/mol. The summed E-state index contributed by atoms with van der Waals surface area (Å²) in [6.45, 7) is 3.07. The molecule has 0 unspecified atom stereocenters. The van der Waals surface area contributed by atoms with Crippen LogP contribution in [0.4, 0.5) is 5.82 Å². The van der Waals surface area contributed by atoms with Gasteiger partial charge >= 0.3 is 0 Å². The highest BCUT2D eigenvalue weighted by molar-refractivity contribution is 5.86. The third-order valence-electron chi connectivity index (χ3n) is 2.77. The first kappa shape index (κ1) is 11.4. The predicted octanol–water partition coefficient (Wildman–Crippen LogP) is 2.95. The van der Waals surface area contributed by atoms with Gasteiger partial charge in [0, 0.05) is 19.0 Å². The van der Waals surface area contributed by atoms with E-state index in [1.807, 2.05) is 37.4 Å². The third kappa shape index (κ3) is 2.21. The molecular formula is C14H15N3. The molecule has 0 aliphatic heterocycles. The summed E-state index contributed by atoms with van der Waals surface area (Å²) in [7, 11) is 2.00. The summed E-state index contributed by atoms with van der Waals surface area (Å²) in [5.74, 6) is 0.863. The zero-order chi connectivity index (χ0) is 12.3. The van der Waals surface area contributed by atoms with Crippen molar-refractivity contribution in [2.24, 2.45) is 0 Å². The van der Waals surface area contributed by atoms with Crippen molar-refractivity contribution < 1.29 is 0 Å². The van der Waals surface area contributed by atoms with Gasteiger partial charge in [0.25, 0.3) is 0 Å². The molecule has 17 heavy (non-hydrogen) atoms. The van der Waals surface area contributed by atoms with E-state index in [9.17, 15) is 5.26 Å². The number of fused-ring (bicyclic) bond motifs is 1. The van der Waals surface area contributed by atoms with Gasteiger partial charge in [-0.1, -0.05) is 25.1 Å². The van der Waals surface area contributed by atoms with Crippen LogP contribution in [0.25, 0.3) is 10.9 Å². The maximum Gasteiger partial charge on any atom is 0.130 e. The molecule has 86 valence electrons. The molecule has 0 amide bonds. The minimum Gasteiger partial charge on any atom is -0.360 e. The summed E-state index contributed by atoms with van der Waals surface area (Å²) < 4.78 is 0. The highest BCUT2D eigenvalue weighted by Gasteiger charge is 2.07. The molecule has 0 N–H and O–H groups in total. The smallest absolute Gasteiger partial charge is 0.130 e. The molecule has 0 atom stereocenters. The molecule has 0 aliphatic rings. The van der Waals surface area contributed by atoms with E-state index in [1.54, 1.807) is 0 Å². The fraction of sp³-hybridized carbons (Fsp3) is 0.286. The van der Waals surface area contributed by atoms with Crippen LogP contribution in [-0.2, 0) is 0 Å². The number of benzene rings is 1. The first-order valence-corrected chi connectivity index (χ1v) is 5.77. The Bertz CT molecular complexity index is 569. The van der Waals surface area contributed by atoms with Crippen molar-refractivity contribution in [3.63, 3.8) is 0 Å². The summed E-state index contributed by atoms with van der Waals surface area (Å²) >= 11 is 0. The summed E-state index contributed by atoms with van der Waals surface area (Å²) in [5, 5.41) is 10.1. The Morgan fingerprint density at radius 2 is 2.12 bits per heavy atom. The van der Waals surface area contributed by atoms with Gasteiger partial charge in [-0.05, 0) is 18.6 Å². The molecule has 2 aromatic rings. The lowest BCUT2D eigenvalue weighted by molar-refractivity contribution is 0.840. The number of para-hydroxylation sites is 1. The molecule has 3 nitrogen and oxygen atoms in total. The highest BCUT2D eigenvalue weighted by atomic mass is 15.2. The topological polar surface area (TPSA) is 39.9 Å². The monoisotopic (exact) mass is 225 g/mol. The van der Waals surface area contributed by atoms with Gasteiger partial charge in [0.2, 0.25) is 0 Å². The van der Waals surface area contributed by atoms with Crippen LogP contribution in [0.15, 0.2) is 30.3 Å². The number of anilines is 1. The van der Waals surface area contributed by atoms with Gasteiger partial charge in [-0.2, -0.15) is 5.26 Å². The molecule has 0 spiro atoms. The standard InChI is InChI=1S/C14H15N3/c1-3-8-17(2)14-9-11(10-15)12-6-4-5-7-13(12)16-14/h4-7,9H,3,8H2,1-2H3. The van der Waals surface area contributed by atoms with Crippen molar-refractivity contribution >= 4 is 16.7 Å². The van der Waals surface area contributed by atoms with Gasteiger partial charge in [0.1, 0.15) is 5.82 Å². The molecule has 0 saturated heterocycles. The van der Waals surface area contributed by atoms with E-state index in [2.05, 4.69) is 22.9 Å². The van der Waals surface area contributed by atoms with E-state index in [0.717, 1.165) is 29.7 Å². The van der Waals surface area contributed by atoms with Crippen molar-refractivity contribution in [3.8, 4) is 6.07 Å². The van der Waals surface area contributed by atoms with E-state index < -0.39 is 0 Å². The molecule has 1 heterocycles. The maximum absolute atomic E-state index is 9.18. The van der Waals surface area contributed by atoms with Gasteiger partial charge in [-0.25, -0.2) is 4.98 Å². The number of hydrogen-bond acceptors (Lipinski definition) is 3. The highest BCUT2D eigenvalue weighted by Crippen LogP contribution is 2.21. The normalized spacial score (nSPS) is 10.2. The summed E-state index contributed by atoms with van der Waals surface area (Å²) in [4.78, 5) is 6.65. The minimum absolute atomic E-state index is 0.688. The van der Waals surface area contributed by atoms with E-state index in [4.69, 9.17) is 0 Å². The predicted molar refractivity (Wildman–Crippen MR) is 70.0 cm³/mol. The van der Waals surface area contributed by atoms with E-state index in [1.165, 1.54) is 0 Å². The zero-order valence-corrected chi connectivity index (χ0v) is 10.1. The van der Waals surface area contributed by atoms with Gasteiger partial charge in [0.05, 0.1) is 17.1 Å². The summed E-state index contributed by atoms with van der Waals surface area (Å²) in [6.07, 6.45) is 1.06. The zero-order valence-electron chi connectivity index (χ0n) is 10.1. The van der Waals surface area contributed by atoms with Crippen molar-refractivity contribution in [2.75, 3.05) is 18.5 Å². The molecule has 0 saturated carbocycles. The lowest BCUT2D eigenvalue weighted by atomic mass is 10.1. The van der Waals surface area contributed by atoms with Crippen molar-refractivity contribution in [3.05, 3.63) is 35.9 Å². The van der Waals surface area contributed by atoms with Crippen LogP contribution < -0.4 is 4.90 Å². The van der Waals surface area contributed by atoms with Crippen LogP contribution in [0.2, 0.25) is 0 Å². The molecule has 0 bridgehead atoms. The summed E-state index contributed by atoms with van der Waals surface area (Å²) in [6, 6.07) is 11.9. The molecule has 0 fully saturated rings. The Morgan fingerprint density at radius 3 is 2.82 bits per heavy atom. The number of nitriles is 1. The summed E-state index contributed by atoms with van der Waals surface area (Å²) in [5.41, 5.74) is 1.57. The van der Waals surface area contributed by atoms with E-state index in [0.29, 0.717) is 5.56 Å². The second-order valence-corrected chi connectivity index (χ2v) is 4.08. The van der Waals surface area contributed by atoms with Gasteiger partial charge in [0.15, 0.2) is 0 Å². The Kier molecular flexibility index (Phi) is 3.24. The minimum atomic E-state index is 0.688. The molecule has 3 heteroatoms. The molecular weight excluding hydrogens is 210 g/mol. The molecule has 1 aromatic heterocycles. The second kappa shape index (κ2) is 4.84. The van der Waals surface area contributed by atoms with Crippen LogP contribution in [0.5, 0.6) is 0 Å².